The fraction of sp³-hybridized carbons (Fsp3) is 1.00. The van der Waals surface area contributed by atoms with E-state index < -0.39 is 0 Å². The van der Waals surface area contributed by atoms with Crippen molar-refractivity contribution < 1.29 is 9.47 Å². The van der Waals surface area contributed by atoms with Gasteiger partial charge in [-0.05, 0) is 39.2 Å². The van der Waals surface area contributed by atoms with E-state index >= 15 is 0 Å². The Morgan fingerprint density at radius 3 is 3.00 bits per heavy atom. The second-order valence-corrected chi connectivity index (χ2v) is 3.32. The highest BCUT2D eigenvalue weighted by Gasteiger charge is 2.16. The van der Waals surface area contributed by atoms with Crippen molar-refractivity contribution in [1.82, 2.24) is 0 Å². The minimum Gasteiger partial charge on any atom is -0.353 e. The summed E-state index contributed by atoms with van der Waals surface area (Å²) in [4.78, 5) is 0. The fourth-order valence-corrected chi connectivity index (χ4v) is 1.38. The van der Waals surface area contributed by atoms with Gasteiger partial charge in [0.1, 0.15) is 0 Å². The van der Waals surface area contributed by atoms with E-state index in [1.54, 1.807) is 0 Å². The first-order valence-electron chi connectivity index (χ1n) is 4.80. The third kappa shape index (κ3) is 3.52. The van der Waals surface area contributed by atoms with Crippen LogP contribution in [0.3, 0.4) is 0 Å². The molecular weight excluding hydrogens is 154 g/mol. The summed E-state index contributed by atoms with van der Waals surface area (Å²) in [6.07, 6.45) is 4.61. The first-order chi connectivity index (χ1) is 5.83. The molecule has 1 aliphatic heterocycles. The second kappa shape index (κ2) is 5.51. The van der Waals surface area contributed by atoms with Gasteiger partial charge in [-0.2, -0.15) is 0 Å². The van der Waals surface area contributed by atoms with Crippen LogP contribution in [0, 0.1) is 0 Å². The molecule has 0 aliphatic carbocycles. The zero-order valence-corrected chi connectivity index (χ0v) is 7.79. The van der Waals surface area contributed by atoms with E-state index in [4.69, 9.17) is 15.2 Å². The topological polar surface area (TPSA) is 44.5 Å². The molecule has 12 heavy (non-hydrogen) atoms. The van der Waals surface area contributed by atoms with Gasteiger partial charge < -0.3 is 15.2 Å². The summed E-state index contributed by atoms with van der Waals surface area (Å²) in [5.74, 6) is 0. The molecular formula is C9H19NO2. The summed E-state index contributed by atoms with van der Waals surface area (Å²) in [5.41, 5.74) is 5.41. The van der Waals surface area contributed by atoms with Crippen LogP contribution >= 0.6 is 0 Å². The predicted molar refractivity (Wildman–Crippen MR) is 47.8 cm³/mol. The summed E-state index contributed by atoms with van der Waals surface area (Å²) < 4.78 is 11.1. The Bertz CT molecular complexity index is 113. The molecule has 3 nitrogen and oxygen atoms in total. The highest BCUT2D eigenvalue weighted by molar-refractivity contribution is 4.57. The summed E-state index contributed by atoms with van der Waals surface area (Å²) >= 11 is 0. The molecule has 0 aromatic rings. The normalized spacial score (nSPS) is 27.0. The van der Waals surface area contributed by atoms with E-state index in [9.17, 15) is 0 Å². The molecule has 2 atom stereocenters. The maximum Gasteiger partial charge on any atom is 0.157 e. The van der Waals surface area contributed by atoms with E-state index in [-0.39, 0.29) is 12.4 Å². The van der Waals surface area contributed by atoms with Gasteiger partial charge in [-0.15, -0.1) is 0 Å². The first kappa shape index (κ1) is 9.96. The minimum absolute atomic E-state index is 0.0281. The standard InChI is InChI=1S/C9H19NO2/c1-8(5-6-10)12-9-4-2-3-7-11-9/h8-9H,2-7,10H2,1H3/t8-,9-/m0/s1. The van der Waals surface area contributed by atoms with E-state index in [0.29, 0.717) is 6.54 Å². The van der Waals surface area contributed by atoms with Crippen LogP contribution in [0.1, 0.15) is 32.6 Å². The molecule has 0 aromatic carbocycles. The zero-order valence-electron chi connectivity index (χ0n) is 7.79. The largest absolute Gasteiger partial charge is 0.353 e. The van der Waals surface area contributed by atoms with Gasteiger partial charge in [-0.25, -0.2) is 0 Å². The molecule has 0 spiro atoms. The Balaban J connectivity index is 2.11. The average Bonchev–Trinajstić information content (AvgIpc) is 2.06. The van der Waals surface area contributed by atoms with Crippen molar-refractivity contribution in [2.24, 2.45) is 5.73 Å². The lowest BCUT2D eigenvalue weighted by atomic mass is 10.2. The molecule has 3 heteroatoms. The maximum absolute atomic E-state index is 5.63. The Morgan fingerprint density at radius 1 is 1.58 bits per heavy atom. The summed E-state index contributed by atoms with van der Waals surface area (Å²) in [6, 6.07) is 0. The molecule has 0 unspecified atom stereocenters. The molecule has 1 fully saturated rings. The third-order valence-electron chi connectivity index (χ3n) is 2.10. The number of ether oxygens (including phenoxy) is 2. The molecule has 1 saturated heterocycles. The highest BCUT2D eigenvalue weighted by atomic mass is 16.7. The van der Waals surface area contributed by atoms with Crippen molar-refractivity contribution in [2.45, 2.75) is 45.0 Å². The molecule has 2 N–H and O–H groups in total. The number of nitrogens with two attached hydrogens (primary N) is 1. The van der Waals surface area contributed by atoms with Gasteiger partial charge in [-0.1, -0.05) is 0 Å². The van der Waals surface area contributed by atoms with Crippen LogP contribution in [0.15, 0.2) is 0 Å². The van der Waals surface area contributed by atoms with E-state index in [1.165, 1.54) is 12.8 Å². The smallest absolute Gasteiger partial charge is 0.157 e. The molecule has 0 radical (unpaired) electrons. The molecule has 1 aliphatic rings. The maximum atomic E-state index is 5.63. The van der Waals surface area contributed by atoms with E-state index in [1.807, 2.05) is 6.92 Å². The fourth-order valence-electron chi connectivity index (χ4n) is 1.38. The Hall–Kier alpha value is -0.120. The van der Waals surface area contributed by atoms with Crippen molar-refractivity contribution in [3.05, 3.63) is 0 Å². The summed E-state index contributed by atoms with van der Waals surface area (Å²) in [5, 5.41) is 0. The van der Waals surface area contributed by atoms with Gasteiger partial charge in [0.15, 0.2) is 6.29 Å². The number of hydrogen-bond donors (Lipinski definition) is 1. The van der Waals surface area contributed by atoms with Crippen LogP contribution < -0.4 is 5.73 Å². The van der Waals surface area contributed by atoms with E-state index in [2.05, 4.69) is 0 Å². The Labute approximate surface area is 74.2 Å². The van der Waals surface area contributed by atoms with Crippen LogP contribution in [0.2, 0.25) is 0 Å². The monoisotopic (exact) mass is 173 g/mol. The highest BCUT2D eigenvalue weighted by Crippen LogP contribution is 2.15. The minimum atomic E-state index is 0.0281. The van der Waals surface area contributed by atoms with Gasteiger partial charge >= 0.3 is 0 Å². The SMILES string of the molecule is C[C@@H](CCN)O[C@H]1CCCCO1. The summed E-state index contributed by atoms with van der Waals surface area (Å²) in [6.45, 7) is 3.58. The van der Waals surface area contributed by atoms with Crippen LogP contribution in [0.4, 0.5) is 0 Å². The van der Waals surface area contributed by atoms with Crippen molar-refractivity contribution in [2.75, 3.05) is 13.2 Å². The molecule has 1 heterocycles. The van der Waals surface area contributed by atoms with Crippen LogP contribution in [-0.2, 0) is 9.47 Å². The van der Waals surface area contributed by atoms with Crippen molar-refractivity contribution in [3.63, 3.8) is 0 Å². The van der Waals surface area contributed by atoms with Gasteiger partial charge in [0.2, 0.25) is 0 Å². The summed E-state index contributed by atoms with van der Waals surface area (Å²) in [7, 11) is 0. The van der Waals surface area contributed by atoms with Gasteiger partial charge in [0.05, 0.1) is 6.10 Å². The molecule has 1 rings (SSSR count). The number of rotatable bonds is 4. The van der Waals surface area contributed by atoms with Crippen molar-refractivity contribution >= 4 is 0 Å². The lowest BCUT2D eigenvalue weighted by Gasteiger charge is -2.25. The quantitative estimate of drug-likeness (QED) is 0.696. The molecule has 0 amide bonds. The number of hydrogen-bond acceptors (Lipinski definition) is 3. The molecule has 72 valence electrons. The van der Waals surface area contributed by atoms with Gasteiger partial charge in [0, 0.05) is 6.61 Å². The van der Waals surface area contributed by atoms with Gasteiger partial charge in [0.25, 0.3) is 0 Å². The lowest BCUT2D eigenvalue weighted by Crippen LogP contribution is -2.27. The van der Waals surface area contributed by atoms with Crippen molar-refractivity contribution in [1.29, 1.82) is 0 Å². The zero-order chi connectivity index (χ0) is 8.81. The van der Waals surface area contributed by atoms with Gasteiger partial charge in [-0.3, -0.25) is 0 Å². The second-order valence-electron chi connectivity index (χ2n) is 3.32. The third-order valence-corrected chi connectivity index (χ3v) is 2.10. The lowest BCUT2D eigenvalue weighted by molar-refractivity contribution is -0.184. The molecule has 0 saturated carbocycles. The van der Waals surface area contributed by atoms with E-state index in [0.717, 1.165) is 19.4 Å². The van der Waals surface area contributed by atoms with Crippen molar-refractivity contribution in [3.8, 4) is 0 Å². The van der Waals surface area contributed by atoms with Crippen LogP contribution in [0.5, 0.6) is 0 Å². The molecule has 0 bridgehead atoms. The Morgan fingerprint density at radius 2 is 2.42 bits per heavy atom. The van der Waals surface area contributed by atoms with Crippen LogP contribution in [0.25, 0.3) is 0 Å². The first-order valence-corrected chi connectivity index (χ1v) is 4.80. The van der Waals surface area contributed by atoms with Crippen LogP contribution in [-0.4, -0.2) is 25.5 Å². The average molecular weight is 173 g/mol. The Kier molecular flexibility index (Phi) is 4.58. The predicted octanol–water partition coefficient (Wildman–Crippen LogP) is 1.27. The molecule has 0 aromatic heterocycles.